The lowest BCUT2D eigenvalue weighted by Crippen LogP contribution is -2.49. The number of amides is 1. The Bertz CT molecular complexity index is 981. The molecule has 8 heteroatoms. The second-order valence-electron chi connectivity index (χ2n) is 6.91. The minimum absolute atomic E-state index is 0.102. The van der Waals surface area contributed by atoms with Gasteiger partial charge in [-0.05, 0) is 23.8 Å². The van der Waals surface area contributed by atoms with E-state index >= 15 is 0 Å². The molecular formula is C21H22ClN5O2. The predicted octanol–water partition coefficient (Wildman–Crippen LogP) is 3.24. The average molecular weight is 412 g/mol. The maximum absolute atomic E-state index is 12.6. The number of benzene rings is 1. The Kier molecular flexibility index (Phi) is 5.76. The van der Waals surface area contributed by atoms with Gasteiger partial charge in [-0.25, -0.2) is 4.98 Å². The van der Waals surface area contributed by atoms with Crippen molar-refractivity contribution >= 4 is 23.3 Å². The molecule has 0 aliphatic carbocycles. The van der Waals surface area contributed by atoms with Crippen molar-refractivity contribution in [3.05, 3.63) is 59.1 Å². The first-order valence-corrected chi connectivity index (χ1v) is 10.1. The lowest BCUT2D eigenvalue weighted by Gasteiger charge is -2.35. The third kappa shape index (κ3) is 4.40. The van der Waals surface area contributed by atoms with E-state index in [0.717, 1.165) is 30.0 Å². The van der Waals surface area contributed by atoms with E-state index < -0.39 is 0 Å². The second kappa shape index (κ2) is 8.61. The van der Waals surface area contributed by atoms with Gasteiger partial charge in [-0.2, -0.15) is 4.98 Å². The number of pyridine rings is 1. The van der Waals surface area contributed by atoms with Gasteiger partial charge in [0.2, 0.25) is 17.6 Å². The number of carbonyl (C=O) groups excluding carboxylic acids is 1. The fourth-order valence-electron chi connectivity index (χ4n) is 3.32. The van der Waals surface area contributed by atoms with Crippen LogP contribution in [0.5, 0.6) is 0 Å². The highest BCUT2D eigenvalue weighted by molar-refractivity contribution is 6.31. The van der Waals surface area contributed by atoms with Crippen molar-refractivity contribution in [2.45, 2.75) is 19.8 Å². The highest BCUT2D eigenvalue weighted by Gasteiger charge is 2.22. The summed E-state index contributed by atoms with van der Waals surface area (Å²) in [6.07, 6.45) is 2.80. The van der Waals surface area contributed by atoms with E-state index in [1.807, 2.05) is 48.2 Å². The molecule has 2 aromatic heterocycles. The van der Waals surface area contributed by atoms with Gasteiger partial charge in [0.05, 0.1) is 6.42 Å². The number of halogens is 1. The molecule has 0 bridgehead atoms. The van der Waals surface area contributed by atoms with Gasteiger partial charge in [0, 0.05) is 49.4 Å². The van der Waals surface area contributed by atoms with E-state index in [1.165, 1.54) is 0 Å². The summed E-state index contributed by atoms with van der Waals surface area (Å²) in [6, 6.07) is 11.4. The fourth-order valence-corrected chi connectivity index (χ4v) is 3.53. The Labute approximate surface area is 174 Å². The molecule has 1 aliphatic heterocycles. The molecule has 0 N–H and O–H groups in total. The van der Waals surface area contributed by atoms with Gasteiger partial charge in [-0.3, -0.25) is 4.79 Å². The summed E-state index contributed by atoms with van der Waals surface area (Å²) in [7, 11) is 0. The maximum Gasteiger partial charge on any atom is 0.227 e. The molecule has 7 nitrogen and oxygen atoms in total. The van der Waals surface area contributed by atoms with Gasteiger partial charge in [0.25, 0.3) is 0 Å². The first-order valence-electron chi connectivity index (χ1n) is 9.69. The van der Waals surface area contributed by atoms with Crippen LogP contribution in [0, 0.1) is 0 Å². The molecule has 1 fully saturated rings. The van der Waals surface area contributed by atoms with E-state index in [9.17, 15) is 4.79 Å². The fraction of sp³-hybridized carbons (Fsp3) is 0.333. The van der Waals surface area contributed by atoms with E-state index in [2.05, 4.69) is 20.0 Å². The summed E-state index contributed by atoms with van der Waals surface area (Å²) in [5.41, 5.74) is 1.69. The number of carbonyl (C=O) groups is 1. The van der Waals surface area contributed by atoms with Crippen molar-refractivity contribution in [2.24, 2.45) is 0 Å². The largest absolute Gasteiger partial charge is 0.353 e. The van der Waals surface area contributed by atoms with Crippen LogP contribution in [0.25, 0.3) is 11.4 Å². The molecule has 0 radical (unpaired) electrons. The summed E-state index contributed by atoms with van der Waals surface area (Å²) in [6.45, 7) is 4.78. The van der Waals surface area contributed by atoms with Crippen LogP contribution in [0.4, 0.5) is 5.82 Å². The number of nitrogens with zero attached hydrogens (tertiary/aromatic N) is 5. The quantitative estimate of drug-likeness (QED) is 0.641. The Morgan fingerprint density at radius 1 is 1.14 bits per heavy atom. The van der Waals surface area contributed by atoms with E-state index in [4.69, 9.17) is 16.1 Å². The number of hydrogen-bond donors (Lipinski definition) is 0. The Morgan fingerprint density at radius 3 is 2.59 bits per heavy atom. The summed E-state index contributed by atoms with van der Waals surface area (Å²) in [5.74, 6) is 2.15. The van der Waals surface area contributed by atoms with Crippen LogP contribution in [-0.4, -0.2) is 52.1 Å². The van der Waals surface area contributed by atoms with Crippen LogP contribution in [0.1, 0.15) is 18.4 Å². The van der Waals surface area contributed by atoms with Gasteiger partial charge in [0.1, 0.15) is 5.82 Å². The number of anilines is 1. The predicted molar refractivity (Wildman–Crippen MR) is 111 cm³/mol. The Morgan fingerprint density at radius 2 is 1.93 bits per heavy atom. The third-order valence-corrected chi connectivity index (χ3v) is 5.40. The normalized spacial score (nSPS) is 14.3. The molecule has 29 heavy (non-hydrogen) atoms. The first-order chi connectivity index (χ1) is 14.1. The van der Waals surface area contributed by atoms with Crippen LogP contribution in [-0.2, 0) is 17.6 Å². The molecule has 0 spiro atoms. The van der Waals surface area contributed by atoms with Gasteiger partial charge in [0.15, 0.2) is 0 Å². The van der Waals surface area contributed by atoms with Crippen molar-refractivity contribution in [1.29, 1.82) is 0 Å². The van der Waals surface area contributed by atoms with Gasteiger partial charge in [-0.15, -0.1) is 0 Å². The number of rotatable bonds is 5. The zero-order valence-electron chi connectivity index (χ0n) is 16.2. The molecule has 1 aromatic carbocycles. The highest BCUT2D eigenvalue weighted by Crippen LogP contribution is 2.21. The standard InChI is InChI=1S/C21H22ClN5O2/c1-2-19-24-21(25-29-19)16-7-8-18(23-14-16)26-9-11-27(12-10-26)20(28)13-15-5-3-4-6-17(15)22/h3-8,14H,2,9-13H2,1H3. The molecule has 0 unspecified atom stereocenters. The van der Waals surface area contributed by atoms with Crippen LogP contribution >= 0.6 is 11.6 Å². The molecule has 1 amide bonds. The Balaban J connectivity index is 1.34. The van der Waals surface area contributed by atoms with Crippen molar-refractivity contribution in [2.75, 3.05) is 31.1 Å². The number of aromatic nitrogens is 3. The first kappa shape index (κ1) is 19.4. The average Bonchev–Trinajstić information content (AvgIpc) is 3.25. The lowest BCUT2D eigenvalue weighted by atomic mass is 10.1. The smallest absolute Gasteiger partial charge is 0.227 e. The van der Waals surface area contributed by atoms with Crippen molar-refractivity contribution in [3.63, 3.8) is 0 Å². The maximum atomic E-state index is 12.6. The van der Waals surface area contributed by atoms with Crippen LogP contribution in [0.2, 0.25) is 5.02 Å². The highest BCUT2D eigenvalue weighted by atomic mass is 35.5. The summed E-state index contributed by atoms with van der Waals surface area (Å²) < 4.78 is 5.15. The molecule has 1 saturated heterocycles. The molecule has 4 rings (SSSR count). The van der Waals surface area contributed by atoms with Gasteiger partial charge >= 0.3 is 0 Å². The third-order valence-electron chi connectivity index (χ3n) is 5.03. The molecule has 1 aliphatic rings. The van der Waals surface area contributed by atoms with E-state index in [0.29, 0.717) is 42.7 Å². The minimum Gasteiger partial charge on any atom is -0.353 e. The molecule has 150 valence electrons. The van der Waals surface area contributed by atoms with Crippen molar-refractivity contribution in [3.8, 4) is 11.4 Å². The van der Waals surface area contributed by atoms with E-state index in [1.54, 1.807) is 6.20 Å². The van der Waals surface area contributed by atoms with E-state index in [-0.39, 0.29) is 5.91 Å². The van der Waals surface area contributed by atoms with Gasteiger partial charge in [-0.1, -0.05) is 41.9 Å². The second-order valence-corrected chi connectivity index (χ2v) is 7.31. The SMILES string of the molecule is CCc1nc(-c2ccc(N3CCN(C(=O)Cc4ccccc4Cl)CC3)nc2)no1. The number of hydrogen-bond acceptors (Lipinski definition) is 6. The minimum atomic E-state index is 0.102. The van der Waals surface area contributed by atoms with Crippen LogP contribution in [0.15, 0.2) is 47.1 Å². The molecule has 3 heterocycles. The zero-order valence-corrected chi connectivity index (χ0v) is 17.0. The monoisotopic (exact) mass is 411 g/mol. The molecule has 3 aromatic rings. The molecule has 0 atom stereocenters. The number of aryl methyl sites for hydroxylation is 1. The molecular weight excluding hydrogens is 390 g/mol. The van der Waals surface area contributed by atoms with Crippen molar-refractivity contribution in [1.82, 2.24) is 20.0 Å². The number of piperazine rings is 1. The van der Waals surface area contributed by atoms with Crippen LogP contribution < -0.4 is 4.90 Å². The van der Waals surface area contributed by atoms with Crippen molar-refractivity contribution < 1.29 is 9.32 Å². The topological polar surface area (TPSA) is 75.4 Å². The molecule has 0 saturated carbocycles. The summed E-state index contributed by atoms with van der Waals surface area (Å²) >= 11 is 6.18. The Hall–Kier alpha value is -2.93. The van der Waals surface area contributed by atoms with Gasteiger partial charge < -0.3 is 14.3 Å². The summed E-state index contributed by atoms with van der Waals surface area (Å²) in [5, 5.41) is 4.61. The lowest BCUT2D eigenvalue weighted by molar-refractivity contribution is -0.130. The van der Waals surface area contributed by atoms with Crippen LogP contribution in [0.3, 0.4) is 0 Å². The zero-order chi connectivity index (χ0) is 20.2. The summed E-state index contributed by atoms with van der Waals surface area (Å²) in [4.78, 5) is 25.5.